The first-order chi connectivity index (χ1) is 9.45. The number of hydrogen-bond donors (Lipinski definition) is 1. The minimum absolute atomic E-state index is 0.0327. The van der Waals surface area contributed by atoms with Gasteiger partial charge >= 0.3 is 0 Å². The summed E-state index contributed by atoms with van der Waals surface area (Å²) in [7, 11) is 0. The molecule has 2 N–H and O–H groups in total. The molecule has 0 atom stereocenters. The molecule has 1 amide bonds. The Balaban J connectivity index is 1.99. The number of rotatable bonds is 3. The summed E-state index contributed by atoms with van der Waals surface area (Å²) >= 11 is 4.83. The van der Waals surface area contributed by atoms with Gasteiger partial charge < -0.3 is 10.6 Å². The van der Waals surface area contributed by atoms with E-state index in [9.17, 15) is 13.6 Å². The second kappa shape index (κ2) is 6.23. The molecule has 108 valence electrons. The molecular weight excluding hydrogens is 284 g/mol. The summed E-state index contributed by atoms with van der Waals surface area (Å²) in [4.78, 5) is 16.2. The maximum atomic E-state index is 13.1. The Kier molecular flexibility index (Phi) is 4.61. The number of nitrogens with two attached hydrogens (primary N) is 1. The van der Waals surface area contributed by atoms with Crippen molar-refractivity contribution in [1.29, 1.82) is 0 Å². The zero-order chi connectivity index (χ0) is 14.7. The highest BCUT2D eigenvalue weighted by Crippen LogP contribution is 2.12. The fourth-order valence-corrected chi connectivity index (χ4v) is 2.37. The van der Waals surface area contributed by atoms with Crippen LogP contribution >= 0.6 is 12.2 Å². The number of carbonyl (C=O) groups excluding carboxylic acids is 1. The summed E-state index contributed by atoms with van der Waals surface area (Å²) in [5.41, 5.74) is 5.50. The van der Waals surface area contributed by atoms with E-state index in [0.717, 1.165) is 18.2 Å². The highest BCUT2D eigenvalue weighted by atomic mass is 32.1. The highest BCUT2D eigenvalue weighted by Gasteiger charge is 2.23. The predicted octanol–water partition coefficient (Wildman–Crippen LogP) is 1.01. The van der Waals surface area contributed by atoms with Gasteiger partial charge in [0.05, 0.1) is 4.99 Å². The molecule has 2 rings (SSSR count). The third-order valence-electron chi connectivity index (χ3n) is 3.15. The Morgan fingerprint density at radius 2 is 1.70 bits per heavy atom. The lowest BCUT2D eigenvalue weighted by molar-refractivity contribution is 0.0653. The van der Waals surface area contributed by atoms with Crippen LogP contribution in [0, 0.1) is 11.6 Å². The Morgan fingerprint density at radius 1 is 1.15 bits per heavy atom. The molecule has 1 saturated heterocycles. The molecule has 0 spiro atoms. The molecule has 7 heteroatoms. The van der Waals surface area contributed by atoms with Gasteiger partial charge in [-0.05, 0) is 12.1 Å². The minimum atomic E-state index is -0.750. The van der Waals surface area contributed by atoms with Gasteiger partial charge in [-0.25, -0.2) is 8.78 Å². The fraction of sp³-hybridized carbons (Fsp3) is 0.385. The van der Waals surface area contributed by atoms with Crippen LogP contribution < -0.4 is 5.73 Å². The number of thiocarbonyl (C=S) groups is 1. The number of hydrogen-bond acceptors (Lipinski definition) is 3. The third kappa shape index (κ3) is 3.71. The molecule has 1 fully saturated rings. The Labute approximate surface area is 121 Å². The molecule has 0 bridgehead atoms. The molecule has 20 heavy (non-hydrogen) atoms. The van der Waals surface area contributed by atoms with Crippen LogP contribution in [0.5, 0.6) is 0 Å². The lowest BCUT2D eigenvalue weighted by atomic mass is 10.1. The van der Waals surface area contributed by atoms with Crippen molar-refractivity contribution in [2.75, 3.05) is 32.7 Å². The van der Waals surface area contributed by atoms with Gasteiger partial charge in [0, 0.05) is 44.4 Å². The summed E-state index contributed by atoms with van der Waals surface area (Å²) in [5, 5.41) is 0. The zero-order valence-corrected chi connectivity index (χ0v) is 11.6. The van der Waals surface area contributed by atoms with E-state index in [4.69, 9.17) is 18.0 Å². The van der Waals surface area contributed by atoms with E-state index in [1.54, 1.807) is 4.90 Å². The summed E-state index contributed by atoms with van der Waals surface area (Å²) in [5.74, 6) is -1.86. The second-order valence-corrected chi connectivity index (χ2v) is 5.22. The molecule has 4 nitrogen and oxygen atoms in total. The van der Waals surface area contributed by atoms with Crippen LogP contribution in [-0.2, 0) is 0 Å². The fourth-order valence-electron chi connectivity index (χ4n) is 2.19. The van der Waals surface area contributed by atoms with Crippen molar-refractivity contribution in [2.24, 2.45) is 5.73 Å². The van der Waals surface area contributed by atoms with Crippen molar-refractivity contribution in [1.82, 2.24) is 9.80 Å². The number of piperazine rings is 1. The summed E-state index contributed by atoms with van der Waals surface area (Å²) in [6, 6.07) is 2.84. The maximum absolute atomic E-state index is 13.1. The van der Waals surface area contributed by atoms with Gasteiger partial charge in [0.1, 0.15) is 11.6 Å². The summed E-state index contributed by atoms with van der Waals surface area (Å²) in [6.45, 7) is 2.77. The Bertz CT molecular complexity index is 510. The lowest BCUT2D eigenvalue weighted by Gasteiger charge is -2.34. The smallest absolute Gasteiger partial charge is 0.254 e. The molecule has 1 heterocycles. The van der Waals surface area contributed by atoms with Crippen LogP contribution in [0.4, 0.5) is 8.78 Å². The number of amides is 1. The van der Waals surface area contributed by atoms with Gasteiger partial charge in [-0.2, -0.15) is 0 Å². The van der Waals surface area contributed by atoms with Gasteiger partial charge in [-0.3, -0.25) is 9.69 Å². The molecule has 1 aliphatic heterocycles. The van der Waals surface area contributed by atoms with Crippen LogP contribution in [0.2, 0.25) is 0 Å². The van der Waals surface area contributed by atoms with Crippen molar-refractivity contribution in [2.45, 2.75) is 0 Å². The molecule has 0 unspecified atom stereocenters. The highest BCUT2D eigenvalue weighted by molar-refractivity contribution is 7.80. The molecule has 0 saturated carbocycles. The molecule has 1 aliphatic rings. The first kappa shape index (κ1) is 14.8. The maximum Gasteiger partial charge on any atom is 0.254 e. The van der Waals surface area contributed by atoms with Crippen LogP contribution in [0.15, 0.2) is 18.2 Å². The standard InChI is InChI=1S/C13H15F2N3OS/c14-10-5-9(6-11(15)7-10)13(19)18-3-1-17(2-4-18)8-12(16)20/h5-7H,1-4,8H2,(H2,16,20). The summed E-state index contributed by atoms with van der Waals surface area (Å²) in [6.07, 6.45) is 0. The average molecular weight is 299 g/mol. The Hall–Kier alpha value is -1.60. The van der Waals surface area contributed by atoms with Crippen LogP contribution in [0.3, 0.4) is 0 Å². The molecule has 0 aromatic heterocycles. The molecular formula is C13H15F2N3OS. The zero-order valence-electron chi connectivity index (χ0n) is 10.8. The lowest BCUT2D eigenvalue weighted by Crippen LogP contribution is -2.50. The van der Waals surface area contributed by atoms with Crippen molar-refractivity contribution in [3.8, 4) is 0 Å². The van der Waals surface area contributed by atoms with E-state index >= 15 is 0 Å². The molecule has 1 aromatic rings. The average Bonchev–Trinajstić information content (AvgIpc) is 2.37. The van der Waals surface area contributed by atoms with E-state index in [1.807, 2.05) is 4.90 Å². The van der Waals surface area contributed by atoms with Crippen LogP contribution in [0.25, 0.3) is 0 Å². The van der Waals surface area contributed by atoms with Crippen molar-refractivity contribution >= 4 is 23.1 Å². The van der Waals surface area contributed by atoms with Gasteiger partial charge in [-0.15, -0.1) is 0 Å². The third-order valence-corrected chi connectivity index (χ3v) is 3.28. The van der Waals surface area contributed by atoms with E-state index in [1.165, 1.54) is 0 Å². The monoisotopic (exact) mass is 299 g/mol. The SMILES string of the molecule is NC(=S)CN1CCN(C(=O)c2cc(F)cc(F)c2)CC1. The first-order valence-electron chi connectivity index (χ1n) is 6.22. The number of nitrogens with zero attached hydrogens (tertiary/aromatic N) is 2. The number of benzene rings is 1. The molecule has 0 aliphatic carbocycles. The minimum Gasteiger partial charge on any atom is -0.392 e. The number of halogens is 2. The van der Waals surface area contributed by atoms with E-state index in [-0.39, 0.29) is 11.5 Å². The van der Waals surface area contributed by atoms with E-state index in [2.05, 4.69) is 0 Å². The van der Waals surface area contributed by atoms with Crippen molar-refractivity contribution in [3.63, 3.8) is 0 Å². The van der Waals surface area contributed by atoms with Gasteiger partial charge in [-0.1, -0.05) is 12.2 Å². The van der Waals surface area contributed by atoms with E-state index < -0.39 is 11.6 Å². The molecule has 1 aromatic carbocycles. The predicted molar refractivity (Wildman–Crippen MR) is 75.5 cm³/mol. The molecule has 0 radical (unpaired) electrons. The Morgan fingerprint density at radius 3 is 2.20 bits per heavy atom. The topological polar surface area (TPSA) is 49.6 Å². The van der Waals surface area contributed by atoms with Crippen LogP contribution in [0.1, 0.15) is 10.4 Å². The quantitative estimate of drug-likeness (QED) is 0.846. The number of carbonyl (C=O) groups is 1. The van der Waals surface area contributed by atoms with Crippen molar-refractivity contribution < 1.29 is 13.6 Å². The van der Waals surface area contributed by atoms with Crippen LogP contribution in [-0.4, -0.2) is 53.4 Å². The second-order valence-electron chi connectivity index (χ2n) is 4.69. The van der Waals surface area contributed by atoms with Gasteiger partial charge in [0.25, 0.3) is 5.91 Å². The first-order valence-corrected chi connectivity index (χ1v) is 6.62. The van der Waals surface area contributed by atoms with Crippen molar-refractivity contribution in [3.05, 3.63) is 35.4 Å². The van der Waals surface area contributed by atoms with Gasteiger partial charge in [0.2, 0.25) is 0 Å². The largest absolute Gasteiger partial charge is 0.392 e. The summed E-state index contributed by atoms with van der Waals surface area (Å²) < 4.78 is 26.2. The normalized spacial score (nSPS) is 16.2. The van der Waals surface area contributed by atoms with Gasteiger partial charge in [0.15, 0.2) is 0 Å². The van der Waals surface area contributed by atoms with E-state index in [0.29, 0.717) is 37.7 Å².